The first kappa shape index (κ1) is 15.8. The van der Waals surface area contributed by atoms with E-state index in [4.69, 9.17) is 10.8 Å². The minimum atomic E-state index is -1.09. The first-order valence-electron chi connectivity index (χ1n) is 7.49. The second kappa shape index (κ2) is 6.43. The van der Waals surface area contributed by atoms with Crippen LogP contribution in [0, 0.1) is 0 Å². The summed E-state index contributed by atoms with van der Waals surface area (Å²) in [5.74, 6) is -1.69. The highest BCUT2D eigenvalue weighted by atomic mass is 16.4. The highest BCUT2D eigenvalue weighted by molar-refractivity contribution is 5.91. The number of nitrogens with two attached hydrogens (primary N) is 1. The number of carboxylic acid groups (broad SMARTS) is 1. The normalized spacial score (nSPS) is 25.3. The van der Waals surface area contributed by atoms with Crippen molar-refractivity contribution in [3.05, 3.63) is 0 Å². The number of nitrogens with one attached hydrogen (secondary N) is 1. The third kappa shape index (κ3) is 3.93. The molecule has 0 aromatic heterocycles. The largest absolute Gasteiger partial charge is 0.481 e. The summed E-state index contributed by atoms with van der Waals surface area (Å²) in [4.78, 5) is 36.6. The second-order valence-corrected chi connectivity index (χ2v) is 6.09. The van der Waals surface area contributed by atoms with Gasteiger partial charge in [0.2, 0.25) is 11.8 Å². The van der Waals surface area contributed by atoms with Crippen LogP contribution < -0.4 is 11.1 Å². The van der Waals surface area contributed by atoms with Gasteiger partial charge in [-0.3, -0.25) is 14.4 Å². The summed E-state index contributed by atoms with van der Waals surface area (Å²) in [5.41, 5.74) is 5.78. The van der Waals surface area contributed by atoms with Crippen LogP contribution in [0.5, 0.6) is 0 Å². The number of hydrogen-bond acceptors (Lipinski definition) is 4. The molecule has 0 radical (unpaired) electrons. The van der Waals surface area contributed by atoms with E-state index >= 15 is 0 Å². The van der Waals surface area contributed by atoms with Gasteiger partial charge in [0, 0.05) is 25.0 Å². The van der Waals surface area contributed by atoms with Gasteiger partial charge in [-0.05, 0) is 12.8 Å². The maximum atomic E-state index is 12.5. The molecule has 1 heterocycles. The number of carbonyl (C=O) groups excluding carboxylic acids is 2. The monoisotopic (exact) mass is 297 g/mol. The third-order valence-electron chi connectivity index (χ3n) is 4.37. The highest BCUT2D eigenvalue weighted by Crippen LogP contribution is 2.29. The Balaban J connectivity index is 2.04. The van der Waals surface area contributed by atoms with E-state index in [1.807, 2.05) is 0 Å². The Hall–Kier alpha value is -1.63. The summed E-state index contributed by atoms with van der Waals surface area (Å²) in [6.07, 6.45) is 4.61. The summed E-state index contributed by atoms with van der Waals surface area (Å²) in [6.45, 7) is 0.705. The number of rotatable bonds is 4. The molecule has 1 aliphatic carbocycles. The van der Waals surface area contributed by atoms with Gasteiger partial charge in [0.25, 0.3) is 0 Å². The summed E-state index contributed by atoms with van der Waals surface area (Å²) in [5, 5.41) is 11.5. The van der Waals surface area contributed by atoms with Crippen LogP contribution in [0.3, 0.4) is 0 Å². The third-order valence-corrected chi connectivity index (χ3v) is 4.37. The standard InChI is InChI=1S/C14H23N3O4/c15-14(4-2-1-3-5-14)9-11(18)17-7-6-16-13(21)10(17)8-12(19)20/h10H,1-9,15H2,(H,16,21)(H,19,20). The van der Waals surface area contributed by atoms with Crippen molar-refractivity contribution in [1.82, 2.24) is 10.2 Å². The number of carbonyl (C=O) groups is 3. The quantitative estimate of drug-likeness (QED) is 0.667. The average Bonchev–Trinajstić information content (AvgIpc) is 2.40. The zero-order chi connectivity index (χ0) is 15.5. The molecule has 1 saturated heterocycles. The molecule has 2 fully saturated rings. The molecule has 7 nitrogen and oxygen atoms in total. The fraction of sp³-hybridized carbons (Fsp3) is 0.786. The van der Waals surface area contributed by atoms with Crippen LogP contribution in [0.25, 0.3) is 0 Å². The van der Waals surface area contributed by atoms with Crippen LogP contribution in [0.2, 0.25) is 0 Å². The van der Waals surface area contributed by atoms with E-state index in [1.54, 1.807) is 0 Å². The Morgan fingerprint density at radius 3 is 2.62 bits per heavy atom. The molecule has 0 bridgehead atoms. The Kier molecular flexibility index (Phi) is 4.82. The molecule has 1 aliphatic heterocycles. The molecule has 21 heavy (non-hydrogen) atoms. The van der Waals surface area contributed by atoms with Crippen molar-refractivity contribution in [2.75, 3.05) is 13.1 Å². The van der Waals surface area contributed by atoms with Crippen molar-refractivity contribution in [2.24, 2.45) is 5.73 Å². The van der Waals surface area contributed by atoms with Gasteiger partial charge in [0.1, 0.15) is 6.04 Å². The lowest BCUT2D eigenvalue weighted by atomic mass is 9.80. The maximum absolute atomic E-state index is 12.5. The Morgan fingerprint density at radius 1 is 1.33 bits per heavy atom. The van der Waals surface area contributed by atoms with Crippen LogP contribution in [0.15, 0.2) is 0 Å². The van der Waals surface area contributed by atoms with Crippen molar-refractivity contribution in [1.29, 1.82) is 0 Å². The summed E-state index contributed by atoms with van der Waals surface area (Å²) < 4.78 is 0. The molecule has 0 aromatic carbocycles. The topological polar surface area (TPSA) is 113 Å². The van der Waals surface area contributed by atoms with Crippen LogP contribution in [0.1, 0.15) is 44.9 Å². The molecule has 2 rings (SSSR count). The molecule has 1 saturated carbocycles. The van der Waals surface area contributed by atoms with E-state index in [2.05, 4.69) is 5.32 Å². The number of piperazine rings is 1. The van der Waals surface area contributed by atoms with Crippen LogP contribution in [-0.4, -0.2) is 52.5 Å². The molecule has 0 spiro atoms. The van der Waals surface area contributed by atoms with Crippen molar-refractivity contribution in [2.45, 2.75) is 56.5 Å². The number of amides is 2. The number of aliphatic carboxylic acids is 1. The van der Waals surface area contributed by atoms with Crippen LogP contribution >= 0.6 is 0 Å². The van der Waals surface area contributed by atoms with Gasteiger partial charge in [0.05, 0.1) is 6.42 Å². The van der Waals surface area contributed by atoms with Crippen molar-refractivity contribution >= 4 is 17.8 Å². The maximum Gasteiger partial charge on any atom is 0.305 e. The predicted molar refractivity (Wildman–Crippen MR) is 75.4 cm³/mol. The lowest BCUT2D eigenvalue weighted by Gasteiger charge is -2.38. The number of nitrogens with zero attached hydrogens (tertiary/aromatic N) is 1. The van der Waals surface area contributed by atoms with Gasteiger partial charge in [0.15, 0.2) is 0 Å². The molecule has 4 N–H and O–H groups in total. The van der Waals surface area contributed by atoms with Crippen molar-refractivity contribution in [3.8, 4) is 0 Å². The van der Waals surface area contributed by atoms with Gasteiger partial charge < -0.3 is 21.1 Å². The lowest BCUT2D eigenvalue weighted by Crippen LogP contribution is -2.59. The SMILES string of the molecule is NC1(CC(=O)N2CCNC(=O)C2CC(=O)O)CCCCC1. The predicted octanol–water partition coefficient (Wildman–Crippen LogP) is -0.160. The second-order valence-electron chi connectivity index (χ2n) is 6.09. The smallest absolute Gasteiger partial charge is 0.305 e. The van der Waals surface area contributed by atoms with E-state index in [0.29, 0.717) is 13.1 Å². The Labute approximate surface area is 123 Å². The lowest BCUT2D eigenvalue weighted by molar-refractivity contribution is -0.149. The number of carboxylic acids is 1. The molecule has 1 atom stereocenters. The summed E-state index contributed by atoms with van der Waals surface area (Å²) >= 11 is 0. The van der Waals surface area contributed by atoms with Crippen molar-refractivity contribution in [3.63, 3.8) is 0 Å². The minimum Gasteiger partial charge on any atom is -0.481 e. The van der Waals surface area contributed by atoms with E-state index in [0.717, 1.165) is 32.1 Å². The van der Waals surface area contributed by atoms with Crippen molar-refractivity contribution < 1.29 is 19.5 Å². The fourth-order valence-electron chi connectivity index (χ4n) is 3.22. The van der Waals surface area contributed by atoms with E-state index < -0.39 is 23.5 Å². The zero-order valence-corrected chi connectivity index (χ0v) is 12.1. The average molecular weight is 297 g/mol. The molecule has 2 aliphatic rings. The minimum absolute atomic E-state index is 0.191. The molecule has 2 amide bonds. The summed E-state index contributed by atoms with van der Waals surface area (Å²) in [7, 11) is 0. The van der Waals surface area contributed by atoms with Crippen LogP contribution in [-0.2, 0) is 14.4 Å². The Morgan fingerprint density at radius 2 is 2.00 bits per heavy atom. The van der Waals surface area contributed by atoms with Crippen LogP contribution in [0.4, 0.5) is 0 Å². The van der Waals surface area contributed by atoms with Gasteiger partial charge in [-0.2, -0.15) is 0 Å². The van der Waals surface area contributed by atoms with Gasteiger partial charge in [-0.1, -0.05) is 19.3 Å². The molecule has 1 unspecified atom stereocenters. The zero-order valence-electron chi connectivity index (χ0n) is 12.1. The molecular formula is C14H23N3O4. The van der Waals surface area contributed by atoms with Gasteiger partial charge >= 0.3 is 5.97 Å². The molecule has 0 aromatic rings. The van der Waals surface area contributed by atoms with Gasteiger partial charge in [-0.25, -0.2) is 0 Å². The van der Waals surface area contributed by atoms with E-state index in [-0.39, 0.29) is 18.7 Å². The molecule has 7 heteroatoms. The first-order chi connectivity index (χ1) is 9.91. The van der Waals surface area contributed by atoms with E-state index in [1.165, 1.54) is 4.90 Å². The molecular weight excluding hydrogens is 274 g/mol. The van der Waals surface area contributed by atoms with E-state index in [9.17, 15) is 14.4 Å². The Bertz CT molecular complexity index is 432. The van der Waals surface area contributed by atoms with Gasteiger partial charge in [-0.15, -0.1) is 0 Å². The molecule has 118 valence electrons. The fourth-order valence-corrected chi connectivity index (χ4v) is 3.22. The number of hydrogen-bond donors (Lipinski definition) is 3. The highest BCUT2D eigenvalue weighted by Gasteiger charge is 2.38. The first-order valence-corrected chi connectivity index (χ1v) is 7.49. The summed E-state index contributed by atoms with van der Waals surface area (Å²) in [6, 6.07) is -0.920.